The van der Waals surface area contributed by atoms with E-state index in [1.807, 2.05) is 11.3 Å². The topological polar surface area (TPSA) is 56.2 Å². The number of aryl methyl sites for hydroxylation is 3. The van der Waals surface area contributed by atoms with Gasteiger partial charge in [0.1, 0.15) is 5.82 Å². The molecular formula is C11H16N4S. The van der Waals surface area contributed by atoms with Crippen LogP contribution in [-0.2, 0) is 19.3 Å². The maximum Gasteiger partial charge on any atom is 0.216 e. The molecule has 0 spiro atoms. The van der Waals surface area contributed by atoms with Crippen molar-refractivity contribution in [3.05, 3.63) is 16.4 Å². The zero-order valence-corrected chi connectivity index (χ0v) is 10.1. The van der Waals surface area contributed by atoms with Gasteiger partial charge in [-0.15, -0.1) is 10.2 Å². The van der Waals surface area contributed by atoms with E-state index in [1.165, 1.54) is 36.3 Å². The van der Waals surface area contributed by atoms with Crippen LogP contribution < -0.4 is 5.73 Å². The van der Waals surface area contributed by atoms with Crippen LogP contribution in [0, 0.1) is 0 Å². The number of nitrogens with two attached hydrogens (primary N) is 1. The summed E-state index contributed by atoms with van der Waals surface area (Å²) in [6.45, 7) is 0.723. The first-order chi connectivity index (χ1) is 7.90. The van der Waals surface area contributed by atoms with Crippen LogP contribution in [-0.4, -0.2) is 21.1 Å². The van der Waals surface area contributed by atoms with E-state index >= 15 is 0 Å². The summed E-state index contributed by atoms with van der Waals surface area (Å²) in [5.74, 6) is 1.10. The predicted molar refractivity (Wildman–Crippen MR) is 64.9 cm³/mol. The summed E-state index contributed by atoms with van der Waals surface area (Å²) in [5, 5.41) is 8.54. The molecule has 0 unspecified atom stereocenters. The van der Waals surface area contributed by atoms with E-state index in [0.717, 1.165) is 30.2 Å². The Kier molecular flexibility index (Phi) is 2.65. The lowest BCUT2D eigenvalue weighted by molar-refractivity contribution is 0.662. The number of nitrogens with zero attached hydrogens (tertiary/aromatic N) is 3. The van der Waals surface area contributed by atoms with E-state index in [9.17, 15) is 0 Å². The zero-order chi connectivity index (χ0) is 11.0. The van der Waals surface area contributed by atoms with Crippen LogP contribution in [0.15, 0.2) is 0 Å². The molecule has 0 radical (unpaired) electrons. The maximum absolute atomic E-state index is 5.55. The number of hydrogen-bond donors (Lipinski definition) is 1. The highest BCUT2D eigenvalue weighted by atomic mass is 32.1. The van der Waals surface area contributed by atoms with Gasteiger partial charge in [0.2, 0.25) is 4.96 Å². The molecule has 2 aromatic rings. The number of aromatic nitrogens is 3. The first kappa shape index (κ1) is 10.2. The van der Waals surface area contributed by atoms with E-state index in [1.54, 1.807) is 0 Å². The van der Waals surface area contributed by atoms with Crippen molar-refractivity contribution < 1.29 is 0 Å². The summed E-state index contributed by atoms with van der Waals surface area (Å²) in [6, 6.07) is 0. The molecule has 0 saturated heterocycles. The van der Waals surface area contributed by atoms with E-state index in [-0.39, 0.29) is 0 Å². The largest absolute Gasteiger partial charge is 0.330 e. The number of thiazole rings is 1. The minimum Gasteiger partial charge on any atom is -0.330 e. The second kappa shape index (κ2) is 4.14. The van der Waals surface area contributed by atoms with Gasteiger partial charge in [0.05, 0.1) is 0 Å². The molecule has 0 bridgehead atoms. The average molecular weight is 236 g/mol. The molecule has 0 aromatic carbocycles. The molecule has 2 N–H and O–H groups in total. The van der Waals surface area contributed by atoms with Crippen molar-refractivity contribution in [3.8, 4) is 0 Å². The van der Waals surface area contributed by atoms with Gasteiger partial charge in [-0.05, 0) is 38.6 Å². The third kappa shape index (κ3) is 1.55. The molecule has 2 aromatic heterocycles. The SMILES string of the molecule is NCCCc1nnc2sc3c(n12)CCCC3. The molecule has 1 aliphatic carbocycles. The minimum atomic E-state index is 0.723. The average Bonchev–Trinajstić information content (AvgIpc) is 2.85. The molecule has 2 heterocycles. The Labute approximate surface area is 98.5 Å². The smallest absolute Gasteiger partial charge is 0.216 e. The fourth-order valence-corrected chi connectivity index (χ4v) is 3.54. The quantitative estimate of drug-likeness (QED) is 0.880. The van der Waals surface area contributed by atoms with Crippen LogP contribution >= 0.6 is 11.3 Å². The molecule has 0 saturated carbocycles. The normalized spacial score (nSPS) is 15.6. The molecule has 0 aliphatic heterocycles. The number of fused-ring (bicyclic) bond motifs is 3. The summed E-state index contributed by atoms with van der Waals surface area (Å²) in [5.41, 5.74) is 7.01. The van der Waals surface area contributed by atoms with Crippen LogP contribution in [0.5, 0.6) is 0 Å². The first-order valence-electron chi connectivity index (χ1n) is 5.95. The lowest BCUT2D eigenvalue weighted by atomic mass is 10.0. The van der Waals surface area contributed by atoms with Crippen LogP contribution in [0.1, 0.15) is 35.7 Å². The van der Waals surface area contributed by atoms with Gasteiger partial charge >= 0.3 is 0 Å². The summed E-state index contributed by atoms with van der Waals surface area (Å²) in [4.78, 5) is 2.59. The fraction of sp³-hybridized carbons (Fsp3) is 0.636. The first-order valence-corrected chi connectivity index (χ1v) is 6.76. The van der Waals surface area contributed by atoms with Gasteiger partial charge in [0.25, 0.3) is 0 Å². The van der Waals surface area contributed by atoms with Gasteiger partial charge in [-0.1, -0.05) is 11.3 Å². The van der Waals surface area contributed by atoms with Gasteiger partial charge in [-0.2, -0.15) is 0 Å². The van der Waals surface area contributed by atoms with Gasteiger partial charge in [-0.25, -0.2) is 0 Å². The highest BCUT2D eigenvalue weighted by Gasteiger charge is 2.19. The van der Waals surface area contributed by atoms with Crippen LogP contribution in [0.4, 0.5) is 0 Å². The molecule has 16 heavy (non-hydrogen) atoms. The summed E-state index contributed by atoms with van der Waals surface area (Å²) < 4.78 is 2.27. The number of hydrogen-bond acceptors (Lipinski definition) is 4. The molecule has 0 amide bonds. The van der Waals surface area contributed by atoms with E-state index in [2.05, 4.69) is 14.6 Å². The molecular weight excluding hydrogens is 220 g/mol. The van der Waals surface area contributed by atoms with Crippen LogP contribution in [0.3, 0.4) is 0 Å². The highest BCUT2D eigenvalue weighted by molar-refractivity contribution is 7.17. The summed E-state index contributed by atoms with van der Waals surface area (Å²) in [6.07, 6.45) is 6.96. The van der Waals surface area contributed by atoms with E-state index < -0.39 is 0 Å². The molecule has 4 nitrogen and oxygen atoms in total. The lowest BCUT2D eigenvalue weighted by Gasteiger charge is -2.10. The third-order valence-electron chi connectivity index (χ3n) is 3.18. The predicted octanol–water partition coefficient (Wildman–Crippen LogP) is 1.56. The van der Waals surface area contributed by atoms with Gasteiger partial charge in [0.15, 0.2) is 0 Å². The Balaban J connectivity index is 2.05. The Morgan fingerprint density at radius 2 is 2.12 bits per heavy atom. The van der Waals surface area contributed by atoms with Gasteiger partial charge in [-0.3, -0.25) is 4.40 Å². The van der Waals surface area contributed by atoms with Crippen LogP contribution in [0.25, 0.3) is 4.96 Å². The van der Waals surface area contributed by atoms with Crippen molar-refractivity contribution in [2.24, 2.45) is 5.73 Å². The number of rotatable bonds is 3. The molecule has 3 rings (SSSR count). The van der Waals surface area contributed by atoms with Crippen molar-refractivity contribution in [1.82, 2.24) is 14.6 Å². The summed E-state index contributed by atoms with van der Waals surface area (Å²) >= 11 is 1.81. The second-order valence-electron chi connectivity index (χ2n) is 4.31. The minimum absolute atomic E-state index is 0.723. The Morgan fingerprint density at radius 1 is 1.25 bits per heavy atom. The monoisotopic (exact) mass is 236 g/mol. The zero-order valence-electron chi connectivity index (χ0n) is 9.28. The molecule has 5 heteroatoms. The van der Waals surface area contributed by atoms with Crippen molar-refractivity contribution >= 4 is 16.3 Å². The second-order valence-corrected chi connectivity index (χ2v) is 5.37. The summed E-state index contributed by atoms with van der Waals surface area (Å²) in [7, 11) is 0. The van der Waals surface area contributed by atoms with Crippen LogP contribution in [0.2, 0.25) is 0 Å². The van der Waals surface area contributed by atoms with Crippen molar-refractivity contribution in [2.45, 2.75) is 38.5 Å². The Morgan fingerprint density at radius 3 is 3.00 bits per heavy atom. The molecule has 1 aliphatic rings. The van der Waals surface area contributed by atoms with Crippen molar-refractivity contribution in [2.75, 3.05) is 6.54 Å². The van der Waals surface area contributed by atoms with Crippen molar-refractivity contribution in [3.63, 3.8) is 0 Å². The van der Waals surface area contributed by atoms with E-state index in [0.29, 0.717) is 0 Å². The molecule has 0 fully saturated rings. The molecule has 86 valence electrons. The van der Waals surface area contributed by atoms with Crippen molar-refractivity contribution in [1.29, 1.82) is 0 Å². The third-order valence-corrected chi connectivity index (χ3v) is 4.31. The van der Waals surface area contributed by atoms with E-state index in [4.69, 9.17) is 5.73 Å². The fourth-order valence-electron chi connectivity index (χ4n) is 2.38. The maximum atomic E-state index is 5.55. The Hall–Kier alpha value is -0.940. The molecule has 0 atom stereocenters. The van der Waals surface area contributed by atoms with Gasteiger partial charge in [0, 0.05) is 17.0 Å². The highest BCUT2D eigenvalue weighted by Crippen LogP contribution is 2.30. The standard InChI is InChI=1S/C11H16N4S/c12-7-3-6-10-13-14-11-15(10)8-4-1-2-5-9(8)16-11/h1-7,12H2. The Bertz CT molecular complexity index is 499. The van der Waals surface area contributed by atoms with Gasteiger partial charge < -0.3 is 5.73 Å². The lowest BCUT2D eigenvalue weighted by Crippen LogP contribution is -2.07.